The van der Waals surface area contributed by atoms with Crippen LogP contribution >= 0.6 is 0 Å². The Kier molecular flexibility index (Phi) is 6.12. The van der Waals surface area contributed by atoms with Crippen molar-refractivity contribution in [2.24, 2.45) is 23.3 Å². The molecule has 1 aliphatic carbocycles. The summed E-state index contributed by atoms with van der Waals surface area (Å²) in [6, 6.07) is 0.198. The second-order valence-electron chi connectivity index (χ2n) is 5.23. The van der Waals surface area contributed by atoms with Gasteiger partial charge in [0.1, 0.15) is 0 Å². The van der Waals surface area contributed by atoms with Gasteiger partial charge in [0.15, 0.2) is 0 Å². The van der Waals surface area contributed by atoms with Gasteiger partial charge in [-0.1, -0.05) is 13.3 Å². The molecule has 0 saturated heterocycles. The first-order chi connectivity index (χ1) is 8.56. The molecule has 1 aliphatic rings. The van der Waals surface area contributed by atoms with Gasteiger partial charge in [-0.3, -0.25) is 9.59 Å². The predicted molar refractivity (Wildman–Crippen MR) is 70.5 cm³/mol. The molecule has 0 aromatic carbocycles. The normalized spacial score (nSPS) is 25.4. The van der Waals surface area contributed by atoms with Gasteiger partial charge in [-0.25, -0.2) is 0 Å². The Morgan fingerprint density at radius 2 is 1.89 bits per heavy atom. The SMILES string of the molecule is CCC(CN)CC(=O)NC1CCC(C(N)=O)CC1. The number of primary amides is 1. The number of carbonyl (C=O) groups is 2. The van der Waals surface area contributed by atoms with Crippen molar-refractivity contribution < 1.29 is 9.59 Å². The Balaban J connectivity index is 2.28. The molecule has 0 bridgehead atoms. The van der Waals surface area contributed by atoms with E-state index >= 15 is 0 Å². The van der Waals surface area contributed by atoms with Gasteiger partial charge in [0, 0.05) is 18.4 Å². The number of hydrogen-bond donors (Lipinski definition) is 3. The maximum Gasteiger partial charge on any atom is 0.220 e. The highest BCUT2D eigenvalue weighted by atomic mass is 16.2. The second-order valence-corrected chi connectivity index (χ2v) is 5.23. The number of carbonyl (C=O) groups excluding carboxylic acids is 2. The summed E-state index contributed by atoms with van der Waals surface area (Å²) in [6.45, 7) is 2.60. The molecule has 5 N–H and O–H groups in total. The van der Waals surface area contributed by atoms with Gasteiger partial charge in [-0.15, -0.1) is 0 Å². The lowest BCUT2D eigenvalue weighted by atomic mass is 9.85. The molecule has 1 unspecified atom stereocenters. The van der Waals surface area contributed by atoms with Crippen LogP contribution in [0.5, 0.6) is 0 Å². The Morgan fingerprint density at radius 1 is 1.28 bits per heavy atom. The van der Waals surface area contributed by atoms with Crippen LogP contribution in [0.25, 0.3) is 0 Å². The third-order valence-electron chi connectivity index (χ3n) is 3.88. The van der Waals surface area contributed by atoms with Crippen molar-refractivity contribution in [2.75, 3.05) is 6.54 Å². The molecule has 0 aromatic heterocycles. The third kappa shape index (κ3) is 4.64. The fourth-order valence-electron chi connectivity index (χ4n) is 2.47. The van der Waals surface area contributed by atoms with Crippen molar-refractivity contribution >= 4 is 11.8 Å². The summed E-state index contributed by atoms with van der Waals surface area (Å²) in [5, 5.41) is 3.03. The molecular formula is C13H25N3O2. The van der Waals surface area contributed by atoms with E-state index in [9.17, 15) is 9.59 Å². The molecule has 18 heavy (non-hydrogen) atoms. The topological polar surface area (TPSA) is 98.2 Å². The third-order valence-corrected chi connectivity index (χ3v) is 3.88. The number of hydrogen-bond acceptors (Lipinski definition) is 3. The van der Waals surface area contributed by atoms with Crippen LogP contribution in [0.4, 0.5) is 0 Å². The molecule has 5 nitrogen and oxygen atoms in total. The lowest BCUT2D eigenvalue weighted by Crippen LogP contribution is -2.40. The lowest BCUT2D eigenvalue weighted by molar-refractivity contribution is -0.123. The average molecular weight is 255 g/mol. The lowest BCUT2D eigenvalue weighted by Gasteiger charge is -2.27. The monoisotopic (exact) mass is 255 g/mol. The van der Waals surface area contributed by atoms with Gasteiger partial charge >= 0.3 is 0 Å². The highest BCUT2D eigenvalue weighted by Crippen LogP contribution is 2.24. The number of amides is 2. The molecule has 0 heterocycles. The number of nitrogens with two attached hydrogens (primary N) is 2. The van der Waals surface area contributed by atoms with E-state index in [1.165, 1.54) is 0 Å². The molecular weight excluding hydrogens is 230 g/mol. The van der Waals surface area contributed by atoms with Gasteiger partial charge in [0.25, 0.3) is 0 Å². The minimum atomic E-state index is -0.214. The number of nitrogens with one attached hydrogen (secondary N) is 1. The molecule has 104 valence electrons. The molecule has 5 heteroatoms. The number of rotatable bonds is 6. The maximum absolute atomic E-state index is 11.8. The smallest absolute Gasteiger partial charge is 0.220 e. The van der Waals surface area contributed by atoms with Crippen LogP contribution in [-0.2, 0) is 9.59 Å². The molecule has 0 aromatic rings. The molecule has 1 rings (SSSR count). The van der Waals surface area contributed by atoms with E-state index in [1.807, 2.05) is 6.92 Å². The van der Waals surface area contributed by atoms with Crippen LogP contribution in [0.15, 0.2) is 0 Å². The van der Waals surface area contributed by atoms with Crippen molar-refractivity contribution in [1.82, 2.24) is 5.32 Å². The summed E-state index contributed by atoms with van der Waals surface area (Å²) in [5.41, 5.74) is 10.9. The van der Waals surface area contributed by atoms with Gasteiger partial charge in [-0.05, 0) is 38.1 Å². The van der Waals surface area contributed by atoms with Gasteiger partial charge in [0.05, 0.1) is 0 Å². The summed E-state index contributed by atoms with van der Waals surface area (Å²) >= 11 is 0. The van der Waals surface area contributed by atoms with E-state index < -0.39 is 0 Å². The molecule has 2 amide bonds. The fourth-order valence-corrected chi connectivity index (χ4v) is 2.47. The van der Waals surface area contributed by atoms with Crippen LogP contribution < -0.4 is 16.8 Å². The summed E-state index contributed by atoms with van der Waals surface area (Å²) in [5.74, 6) is 0.126. The molecule has 1 fully saturated rings. The zero-order valence-electron chi connectivity index (χ0n) is 11.2. The van der Waals surface area contributed by atoms with Crippen LogP contribution in [0.3, 0.4) is 0 Å². The highest BCUT2D eigenvalue weighted by molar-refractivity contribution is 5.77. The molecule has 0 spiro atoms. The Hall–Kier alpha value is -1.10. The van der Waals surface area contributed by atoms with Crippen LogP contribution in [0, 0.1) is 11.8 Å². The van der Waals surface area contributed by atoms with E-state index in [1.54, 1.807) is 0 Å². The van der Waals surface area contributed by atoms with E-state index in [0.717, 1.165) is 32.1 Å². The standard InChI is InChI=1S/C13H25N3O2/c1-2-9(8-14)7-12(17)16-11-5-3-10(4-6-11)13(15)18/h9-11H,2-8,14H2,1H3,(H2,15,18)(H,16,17). The minimum absolute atomic E-state index is 0.00872. The first kappa shape index (κ1) is 15.0. The van der Waals surface area contributed by atoms with E-state index in [0.29, 0.717) is 13.0 Å². The summed E-state index contributed by atoms with van der Waals surface area (Å²) in [7, 11) is 0. The minimum Gasteiger partial charge on any atom is -0.369 e. The van der Waals surface area contributed by atoms with Crippen LogP contribution in [0.1, 0.15) is 45.4 Å². The Labute approximate surface area is 109 Å². The van der Waals surface area contributed by atoms with Crippen molar-refractivity contribution in [3.63, 3.8) is 0 Å². The predicted octanol–water partition coefficient (Wildman–Crippen LogP) is 0.522. The first-order valence-corrected chi connectivity index (χ1v) is 6.85. The van der Waals surface area contributed by atoms with Crippen molar-refractivity contribution in [1.29, 1.82) is 0 Å². The van der Waals surface area contributed by atoms with E-state index in [4.69, 9.17) is 11.5 Å². The molecule has 0 aliphatic heterocycles. The van der Waals surface area contributed by atoms with Gasteiger partial charge in [0.2, 0.25) is 11.8 Å². The van der Waals surface area contributed by atoms with Gasteiger partial charge in [-0.2, -0.15) is 0 Å². The fraction of sp³-hybridized carbons (Fsp3) is 0.846. The van der Waals surface area contributed by atoms with Crippen LogP contribution in [0.2, 0.25) is 0 Å². The Bertz CT molecular complexity index is 282. The quantitative estimate of drug-likeness (QED) is 0.645. The van der Waals surface area contributed by atoms with Crippen molar-refractivity contribution in [2.45, 2.75) is 51.5 Å². The zero-order chi connectivity index (χ0) is 13.5. The summed E-state index contributed by atoms with van der Waals surface area (Å²) < 4.78 is 0. The molecule has 0 radical (unpaired) electrons. The van der Waals surface area contributed by atoms with Crippen molar-refractivity contribution in [3.05, 3.63) is 0 Å². The molecule has 1 saturated carbocycles. The second kappa shape index (κ2) is 7.36. The van der Waals surface area contributed by atoms with E-state index in [2.05, 4.69) is 5.32 Å². The average Bonchev–Trinajstić information content (AvgIpc) is 2.36. The highest BCUT2D eigenvalue weighted by Gasteiger charge is 2.25. The van der Waals surface area contributed by atoms with Crippen molar-refractivity contribution in [3.8, 4) is 0 Å². The van der Waals surface area contributed by atoms with Crippen LogP contribution in [-0.4, -0.2) is 24.4 Å². The summed E-state index contributed by atoms with van der Waals surface area (Å²) in [6.07, 6.45) is 4.70. The summed E-state index contributed by atoms with van der Waals surface area (Å²) in [4.78, 5) is 22.8. The largest absolute Gasteiger partial charge is 0.369 e. The van der Waals surface area contributed by atoms with Gasteiger partial charge < -0.3 is 16.8 Å². The maximum atomic E-state index is 11.8. The zero-order valence-corrected chi connectivity index (χ0v) is 11.2. The Morgan fingerprint density at radius 3 is 2.33 bits per heavy atom. The van der Waals surface area contributed by atoms with E-state index in [-0.39, 0.29) is 29.7 Å². The first-order valence-electron chi connectivity index (χ1n) is 6.85. The molecule has 1 atom stereocenters.